The molecule has 1 N–H and O–H groups in total. The maximum absolute atomic E-state index is 4.79. The van der Waals surface area contributed by atoms with E-state index in [0.29, 0.717) is 17.9 Å². The standard InChI is InChI=1S/C14H26N2S/c1-6-8-11(5)13(15-7-2)14-16-12(9-17-14)10(3)4/h9-11,13,15H,6-8H2,1-5H3. The fourth-order valence-corrected chi connectivity index (χ4v) is 3.27. The van der Waals surface area contributed by atoms with Crippen LogP contribution in [0, 0.1) is 5.92 Å². The minimum atomic E-state index is 0.428. The first-order valence-electron chi connectivity index (χ1n) is 6.78. The Balaban J connectivity index is 2.81. The van der Waals surface area contributed by atoms with E-state index in [1.165, 1.54) is 23.5 Å². The van der Waals surface area contributed by atoms with E-state index < -0.39 is 0 Å². The van der Waals surface area contributed by atoms with Gasteiger partial charge in [-0.15, -0.1) is 11.3 Å². The van der Waals surface area contributed by atoms with Crippen LogP contribution in [0.25, 0.3) is 0 Å². The monoisotopic (exact) mass is 254 g/mol. The van der Waals surface area contributed by atoms with E-state index in [9.17, 15) is 0 Å². The van der Waals surface area contributed by atoms with Gasteiger partial charge in [0.05, 0.1) is 11.7 Å². The van der Waals surface area contributed by atoms with E-state index in [1.807, 2.05) is 0 Å². The fraction of sp³-hybridized carbons (Fsp3) is 0.786. The van der Waals surface area contributed by atoms with E-state index >= 15 is 0 Å². The minimum absolute atomic E-state index is 0.428. The average Bonchev–Trinajstić information content (AvgIpc) is 2.75. The second-order valence-electron chi connectivity index (χ2n) is 5.07. The van der Waals surface area contributed by atoms with E-state index in [0.717, 1.165) is 6.54 Å². The van der Waals surface area contributed by atoms with Gasteiger partial charge in [0.15, 0.2) is 0 Å². The lowest BCUT2D eigenvalue weighted by Gasteiger charge is -2.22. The van der Waals surface area contributed by atoms with Crippen molar-refractivity contribution >= 4 is 11.3 Å². The summed E-state index contributed by atoms with van der Waals surface area (Å²) in [5, 5.41) is 7.06. The highest BCUT2D eigenvalue weighted by Crippen LogP contribution is 2.29. The molecule has 0 aliphatic rings. The number of nitrogens with zero attached hydrogens (tertiary/aromatic N) is 1. The molecule has 1 aromatic heterocycles. The third kappa shape index (κ3) is 4.07. The molecule has 98 valence electrons. The van der Waals surface area contributed by atoms with Crippen molar-refractivity contribution < 1.29 is 0 Å². The highest BCUT2D eigenvalue weighted by atomic mass is 32.1. The van der Waals surface area contributed by atoms with Crippen LogP contribution in [0.2, 0.25) is 0 Å². The Kier molecular flexibility index (Phi) is 6.14. The molecule has 0 spiro atoms. The molecule has 0 bridgehead atoms. The quantitative estimate of drug-likeness (QED) is 0.782. The van der Waals surface area contributed by atoms with Gasteiger partial charge in [-0.2, -0.15) is 0 Å². The number of nitrogens with one attached hydrogen (secondary N) is 1. The summed E-state index contributed by atoms with van der Waals surface area (Å²) in [6.45, 7) is 12.2. The minimum Gasteiger partial charge on any atom is -0.308 e. The third-order valence-electron chi connectivity index (χ3n) is 3.13. The summed E-state index contributed by atoms with van der Waals surface area (Å²) in [5.41, 5.74) is 1.23. The Morgan fingerprint density at radius 3 is 2.47 bits per heavy atom. The molecule has 17 heavy (non-hydrogen) atoms. The normalized spacial score (nSPS) is 15.2. The maximum atomic E-state index is 4.79. The van der Waals surface area contributed by atoms with Crippen LogP contribution in [0.4, 0.5) is 0 Å². The van der Waals surface area contributed by atoms with Crippen molar-refractivity contribution in [3.63, 3.8) is 0 Å². The summed E-state index contributed by atoms with van der Waals surface area (Å²) in [5.74, 6) is 1.19. The van der Waals surface area contributed by atoms with Crippen LogP contribution >= 0.6 is 11.3 Å². The first-order chi connectivity index (χ1) is 8.10. The third-order valence-corrected chi connectivity index (χ3v) is 4.08. The summed E-state index contributed by atoms with van der Waals surface area (Å²) in [6.07, 6.45) is 2.50. The van der Waals surface area contributed by atoms with Gasteiger partial charge in [-0.3, -0.25) is 0 Å². The molecule has 0 aliphatic carbocycles. The van der Waals surface area contributed by atoms with Crippen molar-refractivity contribution in [3.8, 4) is 0 Å². The Labute approximate surface area is 110 Å². The van der Waals surface area contributed by atoms with Crippen molar-refractivity contribution in [1.29, 1.82) is 0 Å². The molecule has 2 atom stereocenters. The molecule has 0 aliphatic heterocycles. The Morgan fingerprint density at radius 1 is 1.29 bits per heavy atom. The number of rotatable bonds is 7. The molecule has 0 fully saturated rings. The highest BCUT2D eigenvalue weighted by molar-refractivity contribution is 7.09. The van der Waals surface area contributed by atoms with E-state index in [4.69, 9.17) is 4.98 Å². The number of thiazole rings is 1. The van der Waals surface area contributed by atoms with Crippen LogP contribution in [0.15, 0.2) is 5.38 Å². The van der Waals surface area contributed by atoms with Crippen molar-refractivity contribution in [2.75, 3.05) is 6.54 Å². The summed E-state index contributed by atoms with van der Waals surface area (Å²) < 4.78 is 0. The number of aromatic nitrogens is 1. The van der Waals surface area contributed by atoms with Gasteiger partial charge in [0, 0.05) is 5.38 Å². The zero-order valence-corrected chi connectivity index (χ0v) is 12.6. The van der Waals surface area contributed by atoms with Gasteiger partial charge >= 0.3 is 0 Å². The maximum Gasteiger partial charge on any atom is 0.110 e. The fourth-order valence-electron chi connectivity index (χ4n) is 2.08. The molecule has 1 aromatic rings. The summed E-state index contributed by atoms with van der Waals surface area (Å²) in [6, 6.07) is 0.428. The predicted molar refractivity (Wildman–Crippen MR) is 76.7 cm³/mol. The molecular weight excluding hydrogens is 228 g/mol. The van der Waals surface area contributed by atoms with E-state index in [2.05, 4.69) is 45.3 Å². The smallest absolute Gasteiger partial charge is 0.110 e. The van der Waals surface area contributed by atoms with E-state index in [1.54, 1.807) is 11.3 Å². The van der Waals surface area contributed by atoms with Gasteiger partial charge in [0.25, 0.3) is 0 Å². The van der Waals surface area contributed by atoms with Gasteiger partial charge in [0.2, 0.25) is 0 Å². The Morgan fingerprint density at radius 2 is 2.00 bits per heavy atom. The molecular formula is C14H26N2S. The molecule has 1 rings (SSSR count). The summed E-state index contributed by atoms with van der Waals surface area (Å²) in [7, 11) is 0. The molecule has 1 heterocycles. The van der Waals surface area contributed by atoms with Gasteiger partial charge in [0.1, 0.15) is 5.01 Å². The molecule has 2 unspecified atom stereocenters. The van der Waals surface area contributed by atoms with Gasteiger partial charge < -0.3 is 5.32 Å². The molecule has 0 aromatic carbocycles. The van der Waals surface area contributed by atoms with Crippen LogP contribution in [0.3, 0.4) is 0 Å². The Hall–Kier alpha value is -0.410. The Bertz CT molecular complexity index is 320. The van der Waals surface area contributed by atoms with Crippen LogP contribution < -0.4 is 5.32 Å². The summed E-state index contributed by atoms with van der Waals surface area (Å²) >= 11 is 1.81. The second kappa shape index (κ2) is 7.12. The van der Waals surface area contributed by atoms with Crippen molar-refractivity contribution in [2.45, 2.75) is 59.4 Å². The van der Waals surface area contributed by atoms with Gasteiger partial charge in [-0.25, -0.2) is 4.98 Å². The predicted octanol–water partition coefficient (Wildman–Crippen LogP) is 4.35. The largest absolute Gasteiger partial charge is 0.308 e. The lowest BCUT2D eigenvalue weighted by molar-refractivity contribution is 0.367. The number of hydrogen-bond acceptors (Lipinski definition) is 3. The summed E-state index contributed by atoms with van der Waals surface area (Å²) in [4.78, 5) is 4.79. The van der Waals surface area contributed by atoms with Crippen LogP contribution in [0.5, 0.6) is 0 Å². The molecule has 2 nitrogen and oxygen atoms in total. The SMILES string of the molecule is CCCC(C)C(NCC)c1nc(C(C)C)cs1. The zero-order valence-electron chi connectivity index (χ0n) is 11.8. The second-order valence-corrected chi connectivity index (χ2v) is 5.96. The number of hydrogen-bond donors (Lipinski definition) is 1. The first kappa shape index (κ1) is 14.7. The molecule has 3 heteroatoms. The van der Waals surface area contributed by atoms with Crippen LogP contribution in [0.1, 0.15) is 70.1 Å². The molecule has 0 amide bonds. The van der Waals surface area contributed by atoms with Crippen LogP contribution in [-0.2, 0) is 0 Å². The highest BCUT2D eigenvalue weighted by Gasteiger charge is 2.21. The lowest BCUT2D eigenvalue weighted by Crippen LogP contribution is -2.26. The lowest BCUT2D eigenvalue weighted by atomic mass is 9.97. The van der Waals surface area contributed by atoms with Crippen molar-refractivity contribution in [3.05, 3.63) is 16.1 Å². The average molecular weight is 254 g/mol. The topological polar surface area (TPSA) is 24.9 Å². The zero-order chi connectivity index (χ0) is 12.8. The molecule has 0 saturated carbocycles. The van der Waals surface area contributed by atoms with Crippen molar-refractivity contribution in [1.82, 2.24) is 10.3 Å². The van der Waals surface area contributed by atoms with E-state index in [-0.39, 0.29) is 0 Å². The molecule has 0 radical (unpaired) electrons. The van der Waals surface area contributed by atoms with Gasteiger partial charge in [-0.1, -0.05) is 41.0 Å². The van der Waals surface area contributed by atoms with Crippen molar-refractivity contribution in [2.24, 2.45) is 5.92 Å². The van der Waals surface area contributed by atoms with Gasteiger partial charge in [-0.05, 0) is 24.8 Å². The first-order valence-corrected chi connectivity index (χ1v) is 7.66. The van der Waals surface area contributed by atoms with Crippen LogP contribution in [-0.4, -0.2) is 11.5 Å². The molecule has 0 saturated heterocycles.